The van der Waals surface area contributed by atoms with Gasteiger partial charge in [0.25, 0.3) is 0 Å². The van der Waals surface area contributed by atoms with Crippen molar-refractivity contribution in [1.29, 1.82) is 0 Å². The summed E-state index contributed by atoms with van der Waals surface area (Å²) in [5.41, 5.74) is 0.584. The van der Waals surface area contributed by atoms with Gasteiger partial charge in [0, 0.05) is 38.2 Å². The van der Waals surface area contributed by atoms with E-state index in [1.54, 1.807) is 12.1 Å². The lowest BCUT2D eigenvalue weighted by Gasteiger charge is -2.21. The highest BCUT2D eigenvalue weighted by atomic mass is 19.1. The fourth-order valence-corrected chi connectivity index (χ4v) is 2.32. The molecule has 0 spiro atoms. The van der Waals surface area contributed by atoms with Crippen molar-refractivity contribution in [2.24, 2.45) is 0 Å². The quantitative estimate of drug-likeness (QED) is 0.783. The predicted octanol–water partition coefficient (Wildman–Crippen LogP) is 2.51. The molecule has 1 aromatic rings. The summed E-state index contributed by atoms with van der Waals surface area (Å²) in [6.07, 6.45) is 1.70. The van der Waals surface area contributed by atoms with Crippen molar-refractivity contribution < 1.29 is 13.9 Å². The fraction of sp³-hybridized carbons (Fsp3) is 0.533. The summed E-state index contributed by atoms with van der Waals surface area (Å²) in [5, 5.41) is 0. The summed E-state index contributed by atoms with van der Waals surface area (Å²) in [4.78, 5) is 14.2. The Morgan fingerprint density at radius 3 is 2.89 bits per heavy atom. The molecule has 1 saturated heterocycles. The molecule has 0 N–H and O–H groups in total. The van der Waals surface area contributed by atoms with E-state index in [-0.39, 0.29) is 17.7 Å². The van der Waals surface area contributed by atoms with Crippen molar-refractivity contribution >= 4 is 5.78 Å². The Kier molecular flexibility index (Phi) is 5.05. The Morgan fingerprint density at radius 1 is 1.42 bits per heavy atom. The molecule has 1 atom stereocenters. The van der Waals surface area contributed by atoms with Crippen LogP contribution in [0.2, 0.25) is 0 Å². The molecule has 2 rings (SSSR count). The molecule has 1 aliphatic heterocycles. The van der Waals surface area contributed by atoms with E-state index in [4.69, 9.17) is 4.74 Å². The van der Waals surface area contributed by atoms with Crippen LogP contribution in [0.5, 0.6) is 0 Å². The molecule has 1 aromatic carbocycles. The Labute approximate surface area is 113 Å². The number of benzene rings is 1. The molecule has 0 saturated carbocycles. The van der Waals surface area contributed by atoms with Gasteiger partial charge >= 0.3 is 0 Å². The lowest BCUT2D eigenvalue weighted by molar-refractivity contribution is 0.0668. The number of rotatable bonds is 4. The van der Waals surface area contributed by atoms with Crippen molar-refractivity contribution in [2.45, 2.75) is 25.9 Å². The monoisotopic (exact) mass is 265 g/mol. The second-order valence-corrected chi connectivity index (χ2v) is 5.02. The maximum atomic E-state index is 12.8. The van der Waals surface area contributed by atoms with Crippen LogP contribution in [0.1, 0.15) is 30.1 Å². The Morgan fingerprint density at radius 2 is 2.16 bits per heavy atom. The van der Waals surface area contributed by atoms with Crippen LogP contribution in [-0.4, -0.2) is 43.0 Å². The van der Waals surface area contributed by atoms with Crippen LogP contribution in [0.25, 0.3) is 0 Å². The number of hydrogen-bond donors (Lipinski definition) is 0. The average molecular weight is 265 g/mol. The maximum absolute atomic E-state index is 12.8. The van der Waals surface area contributed by atoms with E-state index in [1.165, 1.54) is 12.1 Å². The van der Waals surface area contributed by atoms with Crippen LogP contribution in [0, 0.1) is 5.82 Å². The molecule has 0 bridgehead atoms. The number of ketones is 1. The molecule has 0 aliphatic carbocycles. The molecule has 19 heavy (non-hydrogen) atoms. The molecule has 1 unspecified atom stereocenters. The minimum Gasteiger partial charge on any atom is -0.377 e. The van der Waals surface area contributed by atoms with Gasteiger partial charge in [-0.15, -0.1) is 0 Å². The van der Waals surface area contributed by atoms with Crippen LogP contribution < -0.4 is 0 Å². The molecule has 0 radical (unpaired) electrons. The molecule has 1 fully saturated rings. The largest absolute Gasteiger partial charge is 0.377 e. The number of hydrogen-bond acceptors (Lipinski definition) is 3. The standard InChI is InChI=1S/C15H20FNO2/c1-12-11-17(8-2-10-19-12)9-7-15(18)13-3-5-14(16)6-4-13/h3-6,12H,2,7-11H2,1H3. The van der Waals surface area contributed by atoms with Gasteiger partial charge in [-0.2, -0.15) is 0 Å². The number of ether oxygens (including phenoxy) is 1. The SMILES string of the molecule is CC1CN(CCC(=O)c2ccc(F)cc2)CCCO1. The van der Waals surface area contributed by atoms with Crippen LogP contribution in [0.15, 0.2) is 24.3 Å². The van der Waals surface area contributed by atoms with Crippen molar-refractivity contribution in [1.82, 2.24) is 4.90 Å². The van der Waals surface area contributed by atoms with E-state index in [0.29, 0.717) is 12.0 Å². The zero-order chi connectivity index (χ0) is 13.7. The molecular formula is C15H20FNO2. The topological polar surface area (TPSA) is 29.5 Å². The first-order valence-corrected chi connectivity index (χ1v) is 6.78. The highest BCUT2D eigenvalue weighted by Gasteiger charge is 2.16. The van der Waals surface area contributed by atoms with E-state index in [0.717, 1.165) is 32.7 Å². The molecule has 3 nitrogen and oxygen atoms in total. The number of carbonyl (C=O) groups is 1. The van der Waals surface area contributed by atoms with Gasteiger partial charge in [-0.25, -0.2) is 4.39 Å². The number of halogens is 1. The van der Waals surface area contributed by atoms with Crippen LogP contribution in [0.3, 0.4) is 0 Å². The Bertz CT molecular complexity index is 419. The van der Waals surface area contributed by atoms with Crippen LogP contribution in [0.4, 0.5) is 4.39 Å². The molecule has 0 amide bonds. The van der Waals surface area contributed by atoms with E-state index in [1.807, 2.05) is 0 Å². The van der Waals surface area contributed by atoms with Gasteiger partial charge in [0.1, 0.15) is 5.82 Å². The van der Waals surface area contributed by atoms with Gasteiger partial charge < -0.3 is 9.64 Å². The number of nitrogens with zero attached hydrogens (tertiary/aromatic N) is 1. The average Bonchev–Trinajstić information content (AvgIpc) is 2.61. The summed E-state index contributed by atoms with van der Waals surface area (Å²) < 4.78 is 18.4. The Hall–Kier alpha value is -1.26. The lowest BCUT2D eigenvalue weighted by Crippen LogP contribution is -2.32. The minimum absolute atomic E-state index is 0.0674. The van der Waals surface area contributed by atoms with Crippen molar-refractivity contribution in [2.75, 3.05) is 26.2 Å². The van der Waals surface area contributed by atoms with Crippen LogP contribution in [-0.2, 0) is 4.74 Å². The Balaban J connectivity index is 1.84. The highest BCUT2D eigenvalue weighted by Crippen LogP contribution is 2.09. The van der Waals surface area contributed by atoms with Gasteiger partial charge in [0.2, 0.25) is 0 Å². The second kappa shape index (κ2) is 6.78. The predicted molar refractivity (Wildman–Crippen MR) is 71.8 cm³/mol. The third-order valence-corrected chi connectivity index (χ3v) is 3.36. The summed E-state index contributed by atoms with van der Waals surface area (Å²) >= 11 is 0. The third kappa shape index (κ3) is 4.40. The highest BCUT2D eigenvalue weighted by molar-refractivity contribution is 5.96. The molecule has 0 aromatic heterocycles. The van der Waals surface area contributed by atoms with Crippen molar-refractivity contribution in [3.63, 3.8) is 0 Å². The molecule has 4 heteroatoms. The van der Waals surface area contributed by atoms with Gasteiger partial charge in [0.05, 0.1) is 6.10 Å². The lowest BCUT2D eigenvalue weighted by atomic mass is 10.1. The summed E-state index contributed by atoms with van der Waals surface area (Å²) in [5.74, 6) is -0.243. The van der Waals surface area contributed by atoms with Crippen molar-refractivity contribution in [3.8, 4) is 0 Å². The molecule has 1 aliphatic rings. The zero-order valence-electron chi connectivity index (χ0n) is 11.3. The van der Waals surface area contributed by atoms with E-state index in [2.05, 4.69) is 11.8 Å². The first kappa shape index (κ1) is 14.2. The van der Waals surface area contributed by atoms with Crippen molar-refractivity contribution in [3.05, 3.63) is 35.6 Å². The first-order chi connectivity index (χ1) is 9.15. The smallest absolute Gasteiger partial charge is 0.164 e. The maximum Gasteiger partial charge on any atom is 0.164 e. The fourth-order valence-electron chi connectivity index (χ4n) is 2.32. The molecule has 1 heterocycles. The zero-order valence-corrected chi connectivity index (χ0v) is 11.3. The van der Waals surface area contributed by atoms with Crippen LogP contribution >= 0.6 is 0 Å². The van der Waals surface area contributed by atoms with E-state index in [9.17, 15) is 9.18 Å². The number of Topliss-reactive ketones (excluding diaryl/α,β-unsaturated/α-hetero) is 1. The first-order valence-electron chi connectivity index (χ1n) is 6.78. The molecular weight excluding hydrogens is 245 g/mol. The van der Waals surface area contributed by atoms with Gasteiger partial charge in [0.15, 0.2) is 5.78 Å². The van der Waals surface area contributed by atoms with E-state index < -0.39 is 0 Å². The van der Waals surface area contributed by atoms with E-state index >= 15 is 0 Å². The second-order valence-electron chi connectivity index (χ2n) is 5.02. The normalized spacial score (nSPS) is 21.1. The van der Waals surface area contributed by atoms with Gasteiger partial charge in [-0.05, 0) is 37.6 Å². The van der Waals surface area contributed by atoms with Gasteiger partial charge in [-0.3, -0.25) is 4.79 Å². The third-order valence-electron chi connectivity index (χ3n) is 3.36. The summed E-state index contributed by atoms with van der Waals surface area (Å²) in [7, 11) is 0. The molecule has 104 valence electrons. The van der Waals surface area contributed by atoms with Gasteiger partial charge in [-0.1, -0.05) is 0 Å². The minimum atomic E-state index is -0.310. The number of carbonyl (C=O) groups excluding carboxylic acids is 1. The summed E-state index contributed by atoms with van der Waals surface area (Å²) in [6, 6.07) is 5.75. The summed E-state index contributed by atoms with van der Waals surface area (Å²) in [6.45, 7) is 5.44.